The number of anilines is 1. The summed E-state index contributed by atoms with van der Waals surface area (Å²) < 4.78 is 5.14. The zero-order valence-electron chi connectivity index (χ0n) is 15.8. The van der Waals surface area contributed by atoms with Crippen LogP contribution < -0.4 is 15.0 Å². The number of para-hydroxylation sites is 1. The van der Waals surface area contributed by atoms with E-state index < -0.39 is 17.5 Å². The molecule has 0 aromatic heterocycles. The minimum atomic E-state index is -1.22. The van der Waals surface area contributed by atoms with Crippen molar-refractivity contribution in [1.82, 2.24) is 10.2 Å². The Hall–Kier alpha value is -3.35. The Kier molecular flexibility index (Phi) is 4.30. The molecule has 28 heavy (non-hydrogen) atoms. The second kappa shape index (κ2) is 6.67. The van der Waals surface area contributed by atoms with Crippen LogP contribution >= 0.6 is 0 Å². The number of rotatable bonds is 4. The Morgan fingerprint density at radius 1 is 1.14 bits per heavy atom. The van der Waals surface area contributed by atoms with Gasteiger partial charge in [0.25, 0.3) is 5.91 Å². The molecule has 0 bridgehead atoms. The van der Waals surface area contributed by atoms with Crippen LogP contribution in [0.3, 0.4) is 0 Å². The highest BCUT2D eigenvalue weighted by atomic mass is 16.5. The number of nitrogens with one attached hydrogen (secondary N) is 1. The van der Waals surface area contributed by atoms with Crippen LogP contribution in [0.2, 0.25) is 0 Å². The standard InChI is InChI=1S/C21H21N3O4/c1-21(15-7-9-16(28-2)10-8-15)19(26)24(20(27)22-21)13-18(25)23-12-11-14-5-3-4-6-17(14)23/h3-10H,11-13H2,1-2H3,(H,22,27). The fourth-order valence-electron chi connectivity index (χ4n) is 3.78. The minimum absolute atomic E-state index is 0.271. The molecular weight excluding hydrogens is 358 g/mol. The number of carbonyl (C=O) groups is 3. The number of hydrogen-bond donors (Lipinski definition) is 1. The molecule has 0 spiro atoms. The zero-order valence-corrected chi connectivity index (χ0v) is 15.8. The third-order valence-corrected chi connectivity index (χ3v) is 5.42. The van der Waals surface area contributed by atoms with Crippen molar-refractivity contribution in [2.75, 3.05) is 25.1 Å². The van der Waals surface area contributed by atoms with Crippen LogP contribution in [0, 0.1) is 0 Å². The molecule has 0 radical (unpaired) electrons. The van der Waals surface area contributed by atoms with Crippen LogP contribution in [0.25, 0.3) is 0 Å². The summed E-state index contributed by atoms with van der Waals surface area (Å²) in [4.78, 5) is 41.0. The predicted octanol–water partition coefficient (Wildman–Crippen LogP) is 2.05. The monoisotopic (exact) mass is 379 g/mol. The second-order valence-corrected chi connectivity index (χ2v) is 7.10. The first-order chi connectivity index (χ1) is 13.4. The molecule has 2 aromatic rings. The SMILES string of the molecule is COc1ccc(C2(C)NC(=O)N(CC(=O)N3CCc4ccccc43)C2=O)cc1. The molecule has 2 aliphatic heterocycles. The van der Waals surface area contributed by atoms with Crippen molar-refractivity contribution in [3.63, 3.8) is 0 Å². The van der Waals surface area contributed by atoms with Gasteiger partial charge in [-0.05, 0) is 42.7 Å². The highest BCUT2D eigenvalue weighted by Gasteiger charge is 2.49. The van der Waals surface area contributed by atoms with Crippen molar-refractivity contribution in [2.45, 2.75) is 18.9 Å². The first-order valence-electron chi connectivity index (χ1n) is 9.11. The molecule has 7 heteroatoms. The molecular formula is C21H21N3O4. The summed E-state index contributed by atoms with van der Waals surface area (Å²) in [6, 6.07) is 14.0. The van der Waals surface area contributed by atoms with Gasteiger partial charge in [0.1, 0.15) is 17.8 Å². The van der Waals surface area contributed by atoms with Crippen LogP contribution in [-0.4, -0.2) is 42.9 Å². The first kappa shape index (κ1) is 18.0. The predicted molar refractivity (Wildman–Crippen MR) is 103 cm³/mol. The summed E-state index contributed by atoms with van der Waals surface area (Å²) in [6.45, 7) is 1.91. The molecule has 2 aromatic carbocycles. The maximum Gasteiger partial charge on any atom is 0.325 e. The number of ether oxygens (including phenoxy) is 1. The van der Waals surface area contributed by atoms with E-state index in [0.717, 1.165) is 22.6 Å². The Balaban J connectivity index is 1.54. The van der Waals surface area contributed by atoms with Crippen molar-refractivity contribution < 1.29 is 19.1 Å². The van der Waals surface area contributed by atoms with Gasteiger partial charge < -0.3 is 15.0 Å². The zero-order chi connectivity index (χ0) is 19.9. The summed E-state index contributed by atoms with van der Waals surface area (Å²) >= 11 is 0. The van der Waals surface area contributed by atoms with Crippen LogP contribution in [0.4, 0.5) is 10.5 Å². The van der Waals surface area contributed by atoms with Crippen molar-refractivity contribution >= 4 is 23.5 Å². The summed E-state index contributed by atoms with van der Waals surface area (Å²) in [5, 5.41) is 2.72. The van der Waals surface area contributed by atoms with Crippen LogP contribution in [0.15, 0.2) is 48.5 Å². The van der Waals surface area contributed by atoms with Gasteiger partial charge in [-0.25, -0.2) is 4.79 Å². The maximum atomic E-state index is 13.0. The number of hydrogen-bond acceptors (Lipinski definition) is 4. The number of fused-ring (bicyclic) bond motifs is 1. The molecule has 2 heterocycles. The van der Waals surface area contributed by atoms with Gasteiger partial charge in [0, 0.05) is 12.2 Å². The topological polar surface area (TPSA) is 79.0 Å². The van der Waals surface area contributed by atoms with Crippen molar-refractivity contribution in [3.05, 3.63) is 59.7 Å². The number of benzene rings is 2. The van der Waals surface area contributed by atoms with E-state index in [1.807, 2.05) is 24.3 Å². The summed E-state index contributed by atoms with van der Waals surface area (Å²) in [5.41, 5.74) is 1.36. The van der Waals surface area contributed by atoms with Crippen LogP contribution in [0.5, 0.6) is 5.75 Å². The Labute approximate surface area is 162 Å². The molecule has 7 nitrogen and oxygen atoms in total. The molecule has 0 saturated carbocycles. The summed E-state index contributed by atoms with van der Waals surface area (Å²) in [7, 11) is 1.56. The summed E-state index contributed by atoms with van der Waals surface area (Å²) in [5.74, 6) is -0.0558. The van der Waals surface area contributed by atoms with Crippen LogP contribution in [0.1, 0.15) is 18.1 Å². The number of urea groups is 1. The third-order valence-electron chi connectivity index (χ3n) is 5.42. The van der Waals surface area contributed by atoms with E-state index in [4.69, 9.17) is 4.74 Å². The average molecular weight is 379 g/mol. The van der Waals surface area contributed by atoms with E-state index in [9.17, 15) is 14.4 Å². The lowest BCUT2D eigenvalue weighted by atomic mass is 9.92. The lowest BCUT2D eigenvalue weighted by Gasteiger charge is -2.23. The fourth-order valence-corrected chi connectivity index (χ4v) is 3.78. The van der Waals surface area contributed by atoms with Gasteiger partial charge in [-0.2, -0.15) is 0 Å². The van der Waals surface area contributed by atoms with Crippen molar-refractivity contribution in [1.29, 1.82) is 0 Å². The fraction of sp³-hybridized carbons (Fsp3) is 0.286. The van der Waals surface area contributed by atoms with E-state index in [0.29, 0.717) is 17.9 Å². The number of carbonyl (C=O) groups excluding carboxylic acids is 3. The quantitative estimate of drug-likeness (QED) is 0.825. The van der Waals surface area contributed by atoms with Gasteiger partial charge in [-0.15, -0.1) is 0 Å². The average Bonchev–Trinajstić information content (AvgIpc) is 3.23. The molecule has 144 valence electrons. The van der Waals surface area contributed by atoms with E-state index in [1.54, 1.807) is 43.2 Å². The van der Waals surface area contributed by atoms with Crippen molar-refractivity contribution in [3.8, 4) is 5.75 Å². The number of amides is 4. The molecule has 0 aliphatic carbocycles. The smallest absolute Gasteiger partial charge is 0.325 e. The molecule has 4 amide bonds. The Morgan fingerprint density at radius 2 is 1.86 bits per heavy atom. The van der Waals surface area contributed by atoms with Gasteiger partial charge in [0.15, 0.2) is 0 Å². The lowest BCUT2D eigenvalue weighted by molar-refractivity contribution is -0.134. The van der Waals surface area contributed by atoms with E-state index in [1.165, 1.54) is 0 Å². The third kappa shape index (κ3) is 2.79. The molecule has 1 saturated heterocycles. The second-order valence-electron chi connectivity index (χ2n) is 7.10. The highest BCUT2D eigenvalue weighted by molar-refractivity contribution is 6.10. The van der Waals surface area contributed by atoms with E-state index in [-0.39, 0.29) is 12.5 Å². The molecule has 1 N–H and O–H groups in total. The molecule has 1 fully saturated rings. The van der Waals surface area contributed by atoms with Gasteiger partial charge in [0.2, 0.25) is 5.91 Å². The van der Waals surface area contributed by atoms with E-state index >= 15 is 0 Å². The van der Waals surface area contributed by atoms with Gasteiger partial charge in [-0.3, -0.25) is 14.5 Å². The number of imide groups is 1. The first-order valence-corrected chi connectivity index (χ1v) is 9.11. The Morgan fingerprint density at radius 3 is 2.57 bits per heavy atom. The lowest BCUT2D eigenvalue weighted by Crippen LogP contribution is -2.44. The highest BCUT2D eigenvalue weighted by Crippen LogP contribution is 2.31. The van der Waals surface area contributed by atoms with Crippen LogP contribution in [-0.2, 0) is 21.5 Å². The van der Waals surface area contributed by atoms with Gasteiger partial charge in [-0.1, -0.05) is 30.3 Å². The largest absolute Gasteiger partial charge is 0.497 e. The minimum Gasteiger partial charge on any atom is -0.497 e. The number of methoxy groups -OCH3 is 1. The van der Waals surface area contributed by atoms with Gasteiger partial charge in [0.05, 0.1) is 7.11 Å². The normalized spacial score (nSPS) is 20.9. The Bertz CT molecular complexity index is 956. The maximum absolute atomic E-state index is 13.0. The van der Waals surface area contributed by atoms with Crippen molar-refractivity contribution in [2.24, 2.45) is 0 Å². The summed E-state index contributed by atoms with van der Waals surface area (Å²) in [6.07, 6.45) is 0.769. The molecule has 2 aliphatic rings. The molecule has 4 rings (SSSR count). The molecule has 1 unspecified atom stereocenters. The molecule has 1 atom stereocenters. The van der Waals surface area contributed by atoms with E-state index in [2.05, 4.69) is 5.32 Å². The van der Waals surface area contributed by atoms with Gasteiger partial charge >= 0.3 is 6.03 Å². The number of nitrogens with zero attached hydrogens (tertiary/aromatic N) is 2.